The van der Waals surface area contributed by atoms with Crippen molar-refractivity contribution in [2.75, 3.05) is 45.7 Å². The number of aromatic nitrogens is 3. The van der Waals surface area contributed by atoms with Crippen LogP contribution in [-0.2, 0) is 18.3 Å². The summed E-state index contributed by atoms with van der Waals surface area (Å²) in [6.45, 7) is 2.84. The molecule has 1 unspecified atom stereocenters. The second kappa shape index (κ2) is 8.18. The Labute approximate surface area is 154 Å². The Morgan fingerprint density at radius 3 is 2.96 bits per heavy atom. The van der Waals surface area contributed by atoms with Gasteiger partial charge in [-0.1, -0.05) is 6.07 Å². The van der Waals surface area contributed by atoms with Crippen molar-refractivity contribution in [2.45, 2.75) is 12.6 Å². The van der Waals surface area contributed by atoms with Gasteiger partial charge in [0.15, 0.2) is 5.96 Å². The smallest absolute Gasteiger partial charge is 0.194 e. The van der Waals surface area contributed by atoms with E-state index in [1.54, 1.807) is 11.7 Å². The third kappa shape index (κ3) is 4.32. The summed E-state index contributed by atoms with van der Waals surface area (Å²) in [5, 5.41) is 7.66. The first-order valence-electron chi connectivity index (χ1n) is 8.76. The number of rotatable bonds is 4. The van der Waals surface area contributed by atoms with Crippen molar-refractivity contribution in [1.29, 1.82) is 0 Å². The van der Waals surface area contributed by atoms with Gasteiger partial charge < -0.3 is 19.9 Å². The molecule has 8 heteroatoms. The molecule has 1 saturated heterocycles. The standard InChI is InChI=1S/C18H27N7O/c1-19-18(20-11-15-6-5-7-17(22-15)23(2)3)25-8-9-26-16(13-25)14-10-21-24(4)12-14/h5-7,10,12,16H,8-9,11,13H2,1-4H3,(H,19,20). The van der Waals surface area contributed by atoms with Crippen molar-refractivity contribution in [3.63, 3.8) is 0 Å². The SMILES string of the molecule is CN=C(NCc1cccc(N(C)C)n1)N1CCOC(c2cnn(C)c2)C1. The van der Waals surface area contributed by atoms with Crippen LogP contribution in [0.4, 0.5) is 5.82 Å². The molecule has 1 fully saturated rings. The Morgan fingerprint density at radius 1 is 1.42 bits per heavy atom. The van der Waals surface area contributed by atoms with Crippen LogP contribution in [0.25, 0.3) is 0 Å². The first kappa shape index (κ1) is 18.2. The summed E-state index contributed by atoms with van der Waals surface area (Å²) in [6, 6.07) is 6.04. The third-order valence-corrected chi connectivity index (χ3v) is 4.35. The fourth-order valence-electron chi connectivity index (χ4n) is 2.97. The van der Waals surface area contributed by atoms with Gasteiger partial charge in [0, 0.05) is 46.5 Å². The normalized spacial score (nSPS) is 18.1. The summed E-state index contributed by atoms with van der Waals surface area (Å²) in [6.07, 6.45) is 3.87. The molecule has 0 radical (unpaired) electrons. The van der Waals surface area contributed by atoms with Crippen LogP contribution < -0.4 is 10.2 Å². The van der Waals surface area contributed by atoms with E-state index in [0.29, 0.717) is 13.2 Å². The molecule has 3 heterocycles. The highest BCUT2D eigenvalue weighted by atomic mass is 16.5. The Kier molecular flexibility index (Phi) is 5.72. The van der Waals surface area contributed by atoms with E-state index >= 15 is 0 Å². The van der Waals surface area contributed by atoms with E-state index in [4.69, 9.17) is 4.74 Å². The Hall–Kier alpha value is -2.61. The number of guanidine groups is 1. The molecular weight excluding hydrogens is 330 g/mol. The highest BCUT2D eigenvalue weighted by Gasteiger charge is 2.25. The molecule has 0 amide bonds. The molecule has 0 aliphatic carbocycles. The zero-order chi connectivity index (χ0) is 18.5. The topological polar surface area (TPSA) is 70.8 Å². The number of aryl methyl sites for hydroxylation is 1. The van der Waals surface area contributed by atoms with Gasteiger partial charge in [0.2, 0.25) is 0 Å². The Morgan fingerprint density at radius 2 is 2.27 bits per heavy atom. The second-order valence-corrected chi connectivity index (χ2v) is 6.54. The predicted molar refractivity (Wildman–Crippen MR) is 102 cm³/mol. The van der Waals surface area contributed by atoms with Gasteiger partial charge in [0.05, 0.1) is 31.6 Å². The molecule has 1 aliphatic heterocycles. The molecule has 1 atom stereocenters. The van der Waals surface area contributed by atoms with E-state index in [1.165, 1.54) is 0 Å². The van der Waals surface area contributed by atoms with E-state index in [2.05, 4.69) is 25.3 Å². The van der Waals surface area contributed by atoms with Crippen LogP contribution in [0, 0.1) is 0 Å². The van der Waals surface area contributed by atoms with Crippen molar-refractivity contribution in [3.8, 4) is 0 Å². The molecule has 140 valence electrons. The minimum Gasteiger partial charge on any atom is -0.370 e. The number of nitrogens with zero attached hydrogens (tertiary/aromatic N) is 6. The maximum absolute atomic E-state index is 5.91. The molecule has 8 nitrogen and oxygen atoms in total. The average Bonchev–Trinajstić information content (AvgIpc) is 3.09. The number of hydrogen-bond donors (Lipinski definition) is 1. The van der Waals surface area contributed by atoms with Gasteiger partial charge in [-0.15, -0.1) is 0 Å². The van der Waals surface area contributed by atoms with Crippen molar-refractivity contribution in [1.82, 2.24) is 25.0 Å². The highest BCUT2D eigenvalue weighted by Crippen LogP contribution is 2.21. The van der Waals surface area contributed by atoms with E-state index in [-0.39, 0.29) is 6.10 Å². The van der Waals surface area contributed by atoms with Crippen LogP contribution in [0.1, 0.15) is 17.4 Å². The van der Waals surface area contributed by atoms with Crippen LogP contribution in [0.5, 0.6) is 0 Å². The first-order valence-corrected chi connectivity index (χ1v) is 8.76. The molecule has 0 aromatic carbocycles. The van der Waals surface area contributed by atoms with E-state index in [0.717, 1.165) is 36.1 Å². The van der Waals surface area contributed by atoms with Crippen molar-refractivity contribution >= 4 is 11.8 Å². The first-order chi connectivity index (χ1) is 12.6. The van der Waals surface area contributed by atoms with E-state index in [1.807, 2.05) is 56.6 Å². The average molecular weight is 357 g/mol. The zero-order valence-corrected chi connectivity index (χ0v) is 15.9. The fraction of sp³-hybridized carbons (Fsp3) is 0.500. The fourth-order valence-corrected chi connectivity index (χ4v) is 2.97. The second-order valence-electron chi connectivity index (χ2n) is 6.54. The van der Waals surface area contributed by atoms with Crippen LogP contribution >= 0.6 is 0 Å². The summed E-state index contributed by atoms with van der Waals surface area (Å²) in [5.41, 5.74) is 2.07. The minimum absolute atomic E-state index is 0.00574. The van der Waals surface area contributed by atoms with E-state index in [9.17, 15) is 0 Å². The molecule has 0 spiro atoms. The number of hydrogen-bond acceptors (Lipinski definition) is 5. The van der Waals surface area contributed by atoms with Crippen LogP contribution in [0.15, 0.2) is 35.6 Å². The molecule has 0 bridgehead atoms. The zero-order valence-electron chi connectivity index (χ0n) is 15.9. The summed E-state index contributed by atoms with van der Waals surface area (Å²) < 4.78 is 7.71. The summed E-state index contributed by atoms with van der Waals surface area (Å²) >= 11 is 0. The maximum Gasteiger partial charge on any atom is 0.194 e. The molecule has 26 heavy (non-hydrogen) atoms. The minimum atomic E-state index is 0.00574. The van der Waals surface area contributed by atoms with Crippen LogP contribution in [0.3, 0.4) is 0 Å². The third-order valence-electron chi connectivity index (χ3n) is 4.35. The Bertz CT molecular complexity index is 756. The van der Waals surface area contributed by atoms with Gasteiger partial charge in [-0.25, -0.2) is 4.98 Å². The lowest BCUT2D eigenvalue weighted by molar-refractivity contribution is -0.00805. The van der Waals surface area contributed by atoms with Crippen LogP contribution in [-0.4, -0.2) is 66.5 Å². The van der Waals surface area contributed by atoms with Crippen molar-refractivity contribution in [3.05, 3.63) is 41.9 Å². The van der Waals surface area contributed by atoms with Crippen LogP contribution in [0.2, 0.25) is 0 Å². The number of nitrogens with one attached hydrogen (secondary N) is 1. The number of aliphatic imine (C=N–C) groups is 1. The van der Waals surface area contributed by atoms with E-state index < -0.39 is 0 Å². The molecule has 1 N–H and O–H groups in total. The highest BCUT2D eigenvalue weighted by molar-refractivity contribution is 5.80. The van der Waals surface area contributed by atoms with Crippen molar-refractivity contribution in [2.24, 2.45) is 12.0 Å². The predicted octanol–water partition coefficient (Wildman–Crippen LogP) is 1.03. The quantitative estimate of drug-likeness (QED) is 0.651. The molecule has 3 rings (SSSR count). The van der Waals surface area contributed by atoms with Gasteiger partial charge in [0.25, 0.3) is 0 Å². The molecule has 2 aromatic rings. The number of pyridine rings is 1. The molecule has 2 aromatic heterocycles. The lowest BCUT2D eigenvalue weighted by Crippen LogP contribution is -2.48. The van der Waals surface area contributed by atoms with Gasteiger partial charge >= 0.3 is 0 Å². The van der Waals surface area contributed by atoms with Gasteiger partial charge in [-0.05, 0) is 12.1 Å². The number of anilines is 1. The summed E-state index contributed by atoms with van der Waals surface area (Å²) in [7, 11) is 7.70. The van der Waals surface area contributed by atoms with Gasteiger partial charge in [-0.2, -0.15) is 5.10 Å². The van der Waals surface area contributed by atoms with Gasteiger partial charge in [-0.3, -0.25) is 9.67 Å². The lowest BCUT2D eigenvalue weighted by Gasteiger charge is -2.34. The Balaban J connectivity index is 1.62. The lowest BCUT2D eigenvalue weighted by atomic mass is 10.1. The summed E-state index contributed by atoms with van der Waals surface area (Å²) in [5.74, 6) is 1.81. The van der Waals surface area contributed by atoms with Crippen molar-refractivity contribution < 1.29 is 4.74 Å². The number of morpholine rings is 1. The monoisotopic (exact) mass is 357 g/mol. The van der Waals surface area contributed by atoms with Gasteiger partial charge in [0.1, 0.15) is 11.9 Å². The maximum atomic E-state index is 5.91. The number of ether oxygens (including phenoxy) is 1. The summed E-state index contributed by atoms with van der Waals surface area (Å²) in [4.78, 5) is 13.3. The molecule has 1 aliphatic rings. The molecule has 0 saturated carbocycles. The largest absolute Gasteiger partial charge is 0.370 e. The molecular formula is C18H27N7O.